The van der Waals surface area contributed by atoms with E-state index in [4.69, 9.17) is 4.74 Å². The zero-order valence-corrected chi connectivity index (χ0v) is 9.15. The zero-order valence-electron chi connectivity index (χ0n) is 9.15. The zero-order chi connectivity index (χ0) is 9.45. The van der Waals surface area contributed by atoms with E-state index in [1.54, 1.807) is 0 Å². The van der Waals surface area contributed by atoms with Crippen LogP contribution in [0.15, 0.2) is 0 Å². The molecule has 74 valence electrons. The van der Waals surface area contributed by atoms with Gasteiger partial charge in [0.05, 0.1) is 0 Å². The maximum atomic E-state index is 5.46. The van der Waals surface area contributed by atoms with Crippen LogP contribution in [0.2, 0.25) is 0 Å². The molecule has 0 rings (SSSR count). The normalized spacial score (nSPS) is 12.0. The Morgan fingerprint density at radius 3 is 2.08 bits per heavy atom. The van der Waals surface area contributed by atoms with E-state index in [0.29, 0.717) is 5.41 Å². The molecule has 0 bridgehead atoms. The molecule has 0 amide bonds. The summed E-state index contributed by atoms with van der Waals surface area (Å²) in [4.78, 5) is 0. The molecule has 0 aliphatic carbocycles. The molecule has 0 saturated carbocycles. The Labute approximate surface area is 77.5 Å². The van der Waals surface area contributed by atoms with E-state index in [9.17, 15) is 0 Å². The topological polar surface area (TPSA) is 9.23 Å². The van der Waals surface area contributed by atoms with Gasteiger partial charge in [0, 0.05) is 13.2 Å². The van der Waals surface area contributed by atoms with Gasteiger partial charge in [-0.05, 0) is 24.7 Å². The Morgan fingerprint density at radius 1 is 0.917 bits per heavy atom. The smallest absolute Gasteiger partial charge is 0.0471 e. The number of ether oxygens (including phenoxy) is 1. The van der Waals surface area contributed by atoms with Gasteiger partial charge in [0.1, 0.15) is 0 Å². The van der Waals surface area contributed by atoms with Gasteiger partial charge in [-0.25, -0.2) is 0 Å². The number of hydrogen-bond donors (Lipinski definition) is 0. The minimum Gasteiger partial charge on any atom is -0.381 e. The first-order chi connectivity index (χ1) is 5.62. The summed E-state index contributed by atoms with van der Waals surface area (Å²) in [5.41, 5.74) is 0.475. The summed E-state index contributed by atoms with van der Waals surface area (Å²) in [5.74, 6) is 0. The standard InChI is InChI=1S/C11H24O/c1-5-7-11(3,4)8-10-12-9-6-2/h5-10H2,1-4H3. The molecule has 0 aromatic heterocycles. The minimum atomic E-state index is 0.475. The lowest BCUT2D eigenvalue weighted by Gasteiger charge is -2.23. The Bertz CT molecular complexity index is 97.2. The molecule has 0 heterocycles. The van der Waals surface area contributed by atoms with Crippen LogP contribution in [0.4, 0.5) is 0 Å². The monoisotopic (exact) mass is 172 g/mol. The highest BCUT2D eigenvalue weighted by atomic mass is 16.5. The number of rotatable bonds is 7. The van der Waals surface area contributed by atoms with Crippen molar-refractivity contribution >= 4 is 0 Å². The summed E-state index contributed by atoms with van der Waals surface area (Å²) in [6.07, 6.45) is 4.91. The lowest BCUT2D eigenvalue weighted by Crippen LogP contribution is -2.14. The van der Waals surface area contributed by atoms with Gasteiger partial charge in [0.25, 0.3) is 0 Å². The molecule has 0 saturated heterocycles. The van der Waals surface area contributed by atoms with Crippen LogP contribution in [0, 0.1) is 5.41 Å². The van der Waals surface area contributed by atoms with E-state index in [0.717, 1.165) is 19.6 Å². The molecule has 0 atom stereocenters. The van der Waals surface area contributed by atoms with Gasteiger partial charge in [-0.2, -0.15) is 0 Å². The van der Waals surface area contributed by atoms with Crippen molar-refractivity contribution in [2.45, 2.75) is 53.4 Å². The summed E-state index contributed by atoms with van der Waals surface area (Å²) in [6, 6.07) is 0. The highest BCUT2D eigenvalue weighted by Crippen LogP contribution is 2.26. The first kappa shape index (κ1) is 12.0. The SMILES string of the molecule is CCCOCCC(C)(C)CCC. The lowest BCUT2D eigenvalue weighted by molar-refractivity contribution is 0.101. The van der Waals surface area contributed by atoms with Crippen LogP contribution < -0.4 is 0 Å². The molecule has 0 aliphatic rings. The third-order valence-electron chi connectivity index (χ3n) is 2.20. The Hall–Kier alpha value is -0.0400. The predicted octanol–water partition coefficient (Wildman–Crippen LogP) is 3.63. The van der Waals surface area contributed by atoms with Gasteiger partial charge in [0.15, 0.2) is 0 Å². The van der Waals surface area contributed by atoms with Crippen LogP contribution >= 0.6 is 0 Å². The van der Waals surface area contributed by atoms with E-state index < -0.39 is 0 Å². The van der Waals surface area contributed by atoms with Gasteiger partial charge in [-0.15, -0.1) is 0 Å². The molecule has 1 heteroatoms. The van der Waals surface area contributed by atoms with E-state index in [-0.39, 0.29) is 0 Å². The van der Waals surface area contributed by atoms with Crippen molar-refractivity contribution in [3.63, 3.8) is 0 Å². The van der Waals surface area contributed by atoms with Crippen LogP contribution in [-0.4, -0.2) is 13.2 Å². The Morgan fingerprint density at radius 2 is 1.58 bits per heavy atom. The predicted molar refractivity (Wildman–Crippen MR) is 54.4 cm³/mol. The maximum absolute atomic E-state index is 5.46. The van der Waals surface area contributed by atoms with E-state index in [1.165, 1.54) is 19.3 Å². The molecule has 0 N–H and O–H groups in total. The summed E-state index contributed by atoms with van der Waals surface area (Å²) in [6.45, 7) is 10.9. The highest BCUT2D eigenvalue weighted by molar-refractivity contribution is 4.66. The largest absolute Gasteiger partial charge is 0.381 e. The first-order valence-corrected chi connectivity index (χ1v) is 5.20. The fourth-order valence-corrected chi connectivity index (χ4v) is 1.40. The van der Waals surface area contributed by atoms with Crippen LogP contribution in [0.3, 0.4) is 0 Å². The minimum absolute atomic E-state index is 0.475. The van der Waals surface area contributed by atoms with Gasteiger partial charge in [0.2, 0.25) is 0 Å². The summed E-state index contributed by atoms with van der Waals surface area (Å²) < 4.78 is 5.46. The highest BCUT2D eigenvalue weighted by Gasteiger charge is 2.15. The summed E-state index contributed by atoms with van der Waals surface area (Å²) in [5, 5.41) is 0. The van der Waals surface area contributed by atoms with Crippen LogP contribution in [0.5, 0.6) is 0 Å². The second kappa shape index (κ2) is 6.47. The lowest BCUT2D eigenvalue weighted by atomic mass is 9.85. The van der Waals surface area contributed by atoms with Gasteiger partial charge >= 0.3 is 0 Å². The molecule has 0 fully saturated rings. The molecule has 12 heavy (non-hydrogen) atoms. The average molecular weight is 172 g/mol. The quantitative estimate of drug-likeness (QED) is 0.533. The second-order valence-electron chi connectivity index (χ2n) is 4.28. The second-order valence-corrected chi connectivity index (χ2v) is 4.28. The molecule has 0 spiro atoms. The molecule has 0 unspecified atom stereocenters. The molecule has 0 aromatic carbocycles. The van der Waals surface area contributed by atoms with E-state index >= 15 is 0 Å². The van der Waals surface area contributed by atoms with Crippen LogP contribution in [-0.2, 0) is 4.74 Å². The molecule has 1 nitrogen and oxygen atoms in total. The maximum Gasteiger partial charge on any atom is 0.0471 e. The Balaban J connectivity index is 3.33. The van der Waals surface area contributed by atoms with E-state index in [1.807, 2.05) is 0 Å². The van der Waals surface area contributed by atoms with Crippen molar-refractivity contribution in [3.05, 3.63) is 0 Å². The fraction of sp³-hybridized carbons (Fsp3) is 1.00. The van der Waals surface area contributed by atoms with Crippen molar-refractivity contribution in [1.82, 2.24) is 0 Å². The number of hydrogen-bond acceptors (Lipinski definition) is 1. The average Bonchev–Trinajstić information content (AvgIpc) is 1.98. The van der Waals surface area contributed by atoms with Crippen molar-refractivity contribution in [3.8, 4) is 0 Å². The van der Waals surface area contributed by atoms with Crippen molar-refractivity contribution in [1.29, 1.82) is 0 Å². The molecular formula is C11H24O. The molecule has 0 radical (unpaired) electrons. The molecule has 0 aromatic rings. The molecular weight excluding hydrogens is 148 g/mol. The van der Waals surface area contributed by atoms with Gasteiger partial charge < -0.3 is 4.74 Å². The third-order valence-corrected chi connectivity index (χ3v) is 2.20. The van der Waals surface area contributed by atoms with Crippen LogP contribution in [0.1, 0.15) is 53.4 Å². The third kappa shape index (κ3) is 6.66. The fourth-order valence-electron chi connectivity index (χ4n) is 1.40. The Kier molecular flexibility index (Phi) is 6.45. The molecule has 0 aliphatic heterocycles. The van der Waals surface area contributed by atoms with E-state index in [2.05, 4.69) is 27.7 Å². The van der Waals surface area contributed by atoms with Crippen molar-refractivity contribution in [2.24, 2.45) is 5.41 Å². The summed E-state index contributed by atoms with van der Waals surface area (Å²) in [7, 11) is 0. The summed E-state index contributed by atoms with van der Waals surface area (Å²) >= 11 is 0. The van der Waals surface area contributed by atoms with Crippen molar-refractivity contribution < 1.29 is 4.74 Å². The van der Waals surface area contributed by atoms with Crippen molar-refractivity contribution in [2.75, 3.05) is 13.2 Å². The van der Waals surface area contributed by atoms with Gasteiger partial charge in [-0.1, -0.05) is 34.1 Å². The van der Waals surface area contributed by atoms with Crippen LogP contribution in [0.25, 0.3) is 0 Å². The first-order valence-electron chi connectivity index (χ1n) is 5.20. The van der Waals surface area contributed by atoms with Gasteiger partial charge in [-0.3, -0.25) is 0 Å².